The molecule has 0 aromatic carbocycles. The molecule has 1 N–H and O–H groups in total. The molecule has 18 heavy (non-hydrogen) atoms. The Morgan fingerprint density at radius 3 is 2.89 bits per heavy atom. The number of amides is 1. The smallest absolute Gasteiger partial charge is 0.256 e. The predicted molar refractivity (Wildman–Crippen MR) is 67.9 cm³/mol. The monoisotopic (exact) mass is 272 g/mol. The van der Waals surface area contributed by atoms with E-state index in [9.17, 15) is 4.79 Å². The summed E-state index contributed by atoms with van der Waals surface area (Å²) in [4.78, 5) is 14.0. The zero-order valence-corrected chi connectivity index (χ0v) is 10.9. The van der Waals surface area contributed by atoms with E-state index >= 15 is 0 Å². The van der Waals surface area contributed by atoms with Gasteiger partial charge in [-0.1, -0.05) is 0 Å². The number of nitrogens with zero attached hydrogens (tertiary/aromatic N) is 1. The number of furan rings is 1. The van der Waals surface area contributed by atoms with Crippen LogP contribution in [0.3, 0.4) is 0 Å². The molecule has 2 rings (SSSR count). The van der Waals surface area contributed by atoms with E-state index in [2.05, 4.69) is 10.2 Å². The highest BCUT2D eigenvalue weighted by Gasteiger charge is 2.13. The molecule has 1 aromatic rings. The second-order valence-electron chi connectivity index (χ2n) is 4.17. The molecule has 2 heterocycles. The van der Waals surface area contributed by atoms with Gasteiger partial charge in [-0.2, -0.15) is 0 Å². The molecular weight excluding hydrogens is 256 g/mol. The van der Waals surface area contributed by atoms with Crippen molar-refractivity contribution in [2.45, 2.75) is 6.42 Å². The lowest BCUT2D eigenvalue weighted by atomic mass is 10.3. The Labute approximate surface area is 111 Å². The van der Waals surface area contributed by atoms with Gasteiger partial charge < -0.3 is 14.5 Å². The third-order valence-electron chi connectivity index (χ3n) is 2.90. The fourth-order valence-corrected chi connectivity index (χ4v) is 2.08. The van der Waals surface area contributed by atoms with Crippen molar-refractivity contribution in [3.05, 3.63) is 23.1 Å². The molecule has 0 atom stereocenters. The average Bonchev–Trinajstić information content (AvgIpc) is 2.82. The van der Waals surface area contributed by atoms with E-state index in [0.717, 1.165) is 39.3 Å². The van der Waals surface area contributed by atoms with Gasteiger partial charge in [0, 0.05) is 19.6 Å². The van der Waals surface area contributed by atoms with Crippen molar-refractivity contribution < 1.29 is 13.9 Å². The van der Waals surface area contributed by atoms with Crippen molar-refractivity contribution in [2.24, 2.45) is 0 Å². The Hall–Kier alpha value is -1.04. The lowest BCUT2D eigenvalue weighted by Crippen LogP contribution is -2.38. The molecule has 1 saturated heterocycles. The topological polar surface area (TPSA) is 54.7 Å². The van der Waals surface area contributed by atoms with Crippen molar-refractivity contribution in [3.63, 3.8) is 0 Å². The summed E-state index contributed by atoms with van der Waals surface area (Å²) in [5.74, 6) is -0.185. The molecule has 1 aliphatic heterocycles. The van der Waals surface area contributed by atoms with Gasteiger partial charge in [-0.3, -0.25) is 9.69 Å². The summed E-state index contributed by atoms with van der Waals surface area (Å²) in [6.07, 6.45) is 2.33. The number of nitrogens with one attached hydrogen (secondary N) is 1. The minimum Gasteiger partial charge on any atom is -0.452 e. The largest absolute Gasteiger partial charge is 0.452 e. The maximum absolute atomic E-state index is 11.7. The maximum atomic E-state index is 11.7. The molecular formula is C12H17ClN2O3. The summed E-state index contributed by atoms with van der Waals surface area (Å²) in [6.45, 7) is 5.16. The number of carbonyl (C=O) groups excluding carboxylic acids is 1. The predicted octanol–water partition coefficient (Wildman–Crippen LogP) is 1.39. The minimum atomic E-state index is -0.185. The van der Waals surface area contributed by atoms with Gasteiger partial charge in [-0.15, -0.1) is 0 Å². The zero-order chi connectivity index (χ0) is 12.8. The maximum Gasteiger partial charge on any atom is 0.256 e. The molecule has 1 aliphatic rings. The van der Waals surface area contributed by atoms with Crippen LogP contribution in [-0.4, -0.2) is 50.2 Å². The van der Waals surface area contributed by atoms with Crippen LogP contribution in [0.4, 0.5) is 0 Å². The summed E-state index contributed by atoms with van der Waals surface area (Å²) in [7, 11) is 0. The van der Waals surface area contributed by atoms with E-state index in [0.29, 0.717) is 12.1 Å². The molecule has 0 saturated carbocycles. The number of rotatable bonds is 5. The van der Waals surface area contributed by atoms with Crippen LogP contribution in [0.15, 0.2) is 16.7 Å². The van der Waals surface area contributed by atoms with Crippen LogP contribution < -0.4 is 5.32 Å². The molecule has 0 aliphatic carbocycles. The second-order valence-corrected chi connectivity index (χ2v) is 4.51. The van der Waals surface area contributed by atoms with Gasteiger partial charge in [0.2, 0.25) is 5.22 Å². The molecule has 0 radical (unpaired) electrons. The summed E-state index contributed by atoms with van der Waals surface area (Å²) < 4.78 is 10.1. The normalized spacial score (nSPS) is 16.7. The van der Waals surface area contributed by atoms with Crippen molar-refractivity contribution >= 4 is 17.5 Å². The van der Waals surface area contributed by atoms with Crippen LogP contribution in [0, 0.1) is 0 Å². The van der Waals surface area contributed by atoms with Crippen molar-refractivity contribution in [2.75, 3.05) is 39.4 Å². The van der Waals surface area contributed by atoms with E-state index in [-0.39, 0.29) is 11.1 Å². The average molecular weight is 273 g/mol. The summed E-state index contributed by atoms with van der Waals surface area (Å²) in [6, 6.07) is 1.57. The molecule has 0 spiro atoms. The number of carbonyl (C=O) groups is 1. The van der Waals surface area contributed by atoms with Gasteiger partial charge in [0.15, 0.2) is 0 Å². The van der Waals surface area contributed by atoms with Crippen molar-refractivity contribution in [1.82, 2.24) is 10.2 Å². The van der Waals surface area contributed by atoms with Crippen LogP contribution in [0.25, 0.3) is 0 Å². The van der Waals surface area contributed by atoms with Crippen molar-refractivity contribution in [3.8, 4) is 0 Å². The van der Waals surface area contributed by atoms with E-state index in [4.69, 9.17) is 20.8 Å². The fraction of sp³-hybridized carbons (Fsp3) is 0.583. The quantitative estimate of drug-likeness (QED) is 0.823. The molecule has 5 nitrogen and oxygen atoms in total. The summed E-state index contributed by atoms with van der Waals surface area (Å²) in [5.41, 5.74) is 0.392. The summed E-state index contributed by atoms with van der Waals surface area (Å²) in [5, 5.41) is 2.96. The van der Waals surface area contributed by atoms with Crippen molar-refractivity contribution in [1.29, 1.82) is 0 Å². The van der Waals surface area contributed by atoms with Crippen LogP contribution in [0.5, 0.6) is 0 Å². The molecule has 6 heteroatoms. The number of hydrogen-bond acceptors (Lipinski definition) is 4. The molecule has 0 bridgehead atoms. The first-order valence-corrected chi connectivity index (χ1v) is 6.46. The first-order valence-electron chi connectivity index (χ1n) is 6.08. The molecule has 0 unspecified atom stereocenters. The first-order chi connectivity index (χ1) is 8.77. The van der Waals surface area contributed by atoms with Gasteiger partial charge in [-0.25, -0.2) is 0 Å². The number of morpholine rings is 1. The number of ether oxygens (including phenoxy) is 1. The number of halogens is 1. The lowest BCUT2D eigenvalue weighted by Gasteiger charge is -2.26. The van der Waals surface area contributed by atoms with Gasteiger partial charge in [0.25, 0.3) is 5.91 Å². The Balaban J connectivity index is 1.63. The molecule has 100 valence electrons. The van der Waals surface area contributed by atoms with Crippen LogP contribution in [-0.2, 0) is 4.74 Å². The molecule has 1 fully saturated rings. The minimum absolute atomic E-state index is 0.140. The standard InChI is InChI=1S/C12H17ClN2O3/c13-11-10(2-7-18-11)12(16)14-3-1-4-15-5-8-17-9-6-15/h2,7H,1,3-6,8-9H2,(H,14,16). The Morgan fingerprint density at radius 2 is 2.22 bits per heavy atom. The zero-order valence-electron chi connectivity index (χ0n) is 10.2. The van der Waals surface area contributed by atoms with Crippen LogP contribution in [0.2, 0.25) is 5.22 Å². The highest BCUT2D eigenvalue weighted by Crippen LogP contribution is 2.15. The first kappa shape index (κ1) is 13.4. The Kier molecular flexibility index (Phi) is 5.04. The van der Waals surface area contributed by atoms with Gasteiger partial charge in [-0.05, 0) is 30.6 Å². The molecule has 1 amide bonds. The van der Waals surface area contributed by atoms with E-state index in [1.807, 2.05) is 0 Å². The molecule has 1 aromatic heterocycles. The van der Waals surface area contributed by atoms with E-state index in [1.54, 1.807) is 6.07 Å². The second kappa shape index (κ2) is 6.78. The number of hydrogen-bond donors (Lipinski definition) is 1. The van der Waals surface area contributed by atoms with Gasteiger partial charge in [0.05, 0.1) is 25.0 Å². The van der Waals surface area contributed by atoms with Crippen LogP contribution >= 0.6 is 11.6 Å². The van der Waals surface area contributed by atoms with E-state index < -0.39 is 0 Å². The van der Waals surface area contributed by atoms with Gasteiger partial charge >= 0.3 is 0 Å². The van der Waals surface area contributed by atoms with E-state index in [1.165, 1.54) is 6.26 Å². The lowest BCUT2D eigenvalue weighted by molar-refractivity contribution is 0.0374. The Bertz CT molecular complexity index is 388. The SMILES string of the molecule is O=C(NCCCN1CCOCC1)c1ccoc1Cl. The highest BCUT2D eigenvalue weighted by atomic mass is 35.5. The summed E-state index contributed by atoms with van der Waals surface area (Å²) >= 11 is 5.72. The highest BCUT2D eigenvalue weighted by molar-refractivity contribution is 6.32. The fourth-order valence-electron chi connectivity index (χ4n) is 1.88. The Morgan fingerprint density at radius 1 is 1.44 bits per heavy atom. The van der Waals surface area contributed by atoms with Gasteiger partial charge in [0.1, 0.15) is 0 Å². The third kappa shape index (κ3) is 3.73. The third-order valence-corrected chi connectivity index (χ3v) is 3.20. The van der Waals surface area contributed by atoms with Crippen LogP contribution in [0.1, 0.15) is 16.8 Å².